The lowest BCUT2D eigenvalue weighted by Gasteiger charge is -2.24. The Hall–Kier alpha value is -1.81. The summed E-state index contributed by atoms with van der Waals surface area (Å²) in [7, 11) is 0. The van der Waals surface area contributed by atoms with Crippen molar-refractivity contribution >= 4 is 33.2 Å². The van der Waals surface area contributed by atoms with E-state index in [-0.39, 0.29) is 5.91 Å². The number of hydrogen-bond donors (Lipinski definition) is 1. The molecule has 0 aromatic heterocycles. The number of rotatable bonds is 3. The van der Waals surface area contributed by atoms with Gasteiger partial charge in [0.05, 0.1) is 6.54 Å². The van der Waals surface area contributed by atoms with Gasteiger partial charge in [-0.05, 0) is 43.2 Å². The number of carbonyl (C=O) groups is 1. The fourth-order valence-corrected chi connectivity index (χ4v) is 3.19. The molecule has 1 atom stereocenters. The van der Waals surface area contributed by atoms with Crippen molar-refractivity contribution in [2.45, 2.75) is 19.4 Å². The summed E-state index contributed by atoms with van der Waals surface area (Å²) in [5.74, 6) is 0.0108. The van der Waals surface area contributed by atoms with Crippen molar-refractivity contribution in [2.24, 2.45) is 0 Å². The lowest BCUT2D eigenvalue weighted by atomic mass is 10.1. The van der Waals surface area contributed by atoms with Gasteiger partial charge in [-0.2, -0.15) is 0 Å². The van der Waals surface area contributed by atoms with Crippen LogP contribution in [0.25, 0.3) is 0 Å². The highest BCUT2D eigenvalue weighted by atomic mass is 79.9. The van der Waals surface area contributed by atoms with Crippen molar-refractivity contribution in [2.75, 3.05) is 16.8 Å². The molecular formula is C17H17BrN2O. The van der Waals surface area contributed by atoms with E-state index in [0.717, 1.165) is 16.6 Å². The highest BCUT2D eigenvalue weighted by molar-refractivity contribution is 9.10. The highest BCUT2D eigenvalue weighted by Gasteiger charge is 2.26. The molecule has 0 radical (unpaired) electrons. The van der Waals surface area contributed by atoms with E-state index in [0.29, 0.717) is 12.6 Å². The van der Waals surface area contributed by atoms with E-state index in [1.54, 1.807) is 0 Å². The first-order chi connectivity index (χ1) is 10.1. The van der Waals surface area contributed by atoms with Crippen LogP contribution in [0.1, 0.15) is 12.5 Å². The van der Waals surface area contributed by atoms with Gasteiger partial charge in [-0.3, -0.25) is 4.79 Å². The molecule has 1 N–H and O–H groups in total. The van der Waals surface area contributed by atoms with Gasteiger partial charge in [-0.15, -0.1) is 0 Å². The summed E-state index contributed by atoms with van der Waals surface area (Å²) >= 11 is 3.41. The zero-order valence-corrected chi connectivity index (χ0v) is 13.4. The molecule has 0 saturated carbocycles. The van der Waals surface area contributed by atoms with Crippen molar-refractivity contribution in [3.8, 4) is 0 Å². The fourth-order valence-electron chi connectivity index (χ4n) is 2.79. The summed E-state index contributed by atoms with van der Waals surface area (Å²) in [6, 6.07) is 16.3. The van der Waals surface area contributed by atoms with E-state index in [2.05, 4.69) is 51.3 Å². The Morgan fingerprint density at radius 1 is 1.29 bits per heavy atom. The molecule has 21 heavy (non-hydrogen) atoms. The Morgan fingerprint density at radius 3 is 2.90 bits per heavy atom. The minimum Gasteiger partial charge on any atom is -0.359 e. The average Bonchev–Trinajstić information content (AvgIpc) is 2.75. The zero-order chi connectivity index (χ0) is 14.8. The standard InChI is InChI=1S/C17H17BrN2O/c1-12-9-13-5-2-3-8-16(13)20(12)11-17(21)19-15-7-4-6-14(18)10-15/h2-8,10,12H,9,11H2,1H3,(H,19,21)/t12-/m1/s1. The van der Waals surface area contributed by atoms with Gasteiger partial charge in [0.15, 0.2) is 0 Å². The van der Waals surface area contributed by atoms with Crippen molar-refractivity contribution < 1.29 is 4.79 Å². The first-order valence-electron chi connectivity index (χ1n) is 7.03. The monoisotopic (exact) mass is 344 g/mol. The molecule has 1 amide bonds. The molecule has 108 valence electrons. The second-order valence-electron chi connectivity index (χ2n) is 5.37. The number of fused-ring (bicyclic) bond motifs is 1. The molecule has 1 aliphatic heterocycles. The third kappa shape index (κ3) is 3.10. The summed E-state index contributed by atoms with van der Waals surface area (Å²) < 4.78 is 0.959. The Bertz CT molecular complexity index is 671. The van der Waals surface area contributed by atoms with Gasteiger partial charge in [-0.1, -0.05) is 40.2 Å². The van der Waals surface area contributed by atoms with Gasteiger partial charge >= 0.3 is 0 Å². The van der Waals surface area contributed by atoms with Crippen molar-refractivity contribution in [1.29, 1.82) is 0 Å². The Labute approximate surface area is 133 Å². The number of nitrogens with one attached hydrogen (secondary N) is 1. The molecule has 3 rings (SSSR count). The van der Waals surface area contributed by atoms with Gasteiger partial charge in [-0.25, -0.2) is 0 Å². The zero-order valence-electron chi connectivity index (χ0n) is 11.8. The van der Waals surface area contributed by atoms with E-state index in [1.165, 1.54) is 11.3 Å². The first-order valence-corrected chi connectivity index (χ1v) is 7.83. The number of nitrogens with zero attached hydrogens (tertiary/aromatic N) is 1. The highest BCUT2D eigenvalue weighted by Crippen LogP contribution is 2.31. The molecule has 2 aromatic carbocycles. The van der Waals surface area contributed by atoms with Gasteiger partial charge in [0.1, 0.15) is 0 Å². The van der Waals surface area contributed by atoms with E-state index in [4.69, 9.17) is 0 Å². The van der Waals surface area contributed by atoms with Crippen molar-refractivity contribution in [3.63, 3.8) is 0 Å². The Balaban J connectivity index is 1.70. The third-order valence-corrected chi connectivity index (χ3v) is 4.26. The summed E-state index contributed by atoms with van der Waals surface area (Å²) in [5, 5.41) is 2.95. The molecular weight excluding hydrogens is 328 g/mol. The number of amides is 1. The maximum Gasteiger partial charge on any atom is 0.243 e. The maximum atomic E-state index is 12.3. The van der Waals surface area contributed by atoms with Crippen LogP contribution in [0, 0.1) is 0 Å². The summed E-state index contributed by atoms with van der Waals surface area (Å²) in [6.07, 6.45) is 1.00. The fraction of sp³-hybridized carbons (Fsp3) is 0.235. The van der Waals surface area contributed by atoms with E-state index in [1.807, 2.05) is 30.3 Å². The molecule has 0 saturated heterocycles. The van der Waals surface area contributed by atoms with E-state index in [9.17, 15) is 4.79 Å². The van der Waals surface area contributed by atoms with Crippen LogP contribution >= 0.6 is 15.9 Å². The number of para-hydroxylation sites is 1. The van der Waals surface area contributed by atoms with Crippen LogP contribution in [-0.4, -0.2) is 18.5 Å². The van der Waals surface area contributed by atoms with Crippen LogP contribution < -0.4 is 10.2 Å². The minimum absolute atomic E-state index is 0.0108. The largest absolute Gasteiger partial charge is 0.359 e. The van der Waals surface area contributed by atoms with E-state index >= 15 is 0 Å². The topological polar surface area (TPSA) is 32.3 Å². The second kappa shape index (κ2) is 5.90. The van der Waals surface area contributed by atoms with Crippen LogP contribution in [0.3, 0.4) is 0 Å². The lowest BCUT2D eigenvalue weighted by molar-refractivity contribution is -0.115. The second-order valence-corrected chi connectivity index (χ2v) is 6.28. The minimum atomic E-state index is 0.0108. The third-order valence-electron chi connectivity index (χ3n) is 3.77. The Morgan fingerprint density at radius 2 is 2.10 bits per heavy atom. The van der Waals surface area contributed by atoms with Crippen molar-refractivity contribution in [3.05, 3.63) is 58.6 Å². The van der Waals surface area contributed by atoms with E-state index < -0.39 is 0 Å². The molecule has 0 bridgehead atoms. The smallest absolute Gasteiger partial charge is 0.243 e. The van der Waals surface area contributed by atoms with Crippen molar-refractivity contribution in [1.82, 2.24) is 0 Å². The molecule has 0 aliphatic carbocycles. The lowest BCUT2D eigenvalue weighted by Crippen LogP contribution is -2.37. The molecule has 0 spiro atoms. The average molecular weight is 345 g/mol. The van der Waals surface area contributed by atoms with Crippen LogP contribution in [0.15, 0.2) is 53.0 Å². The summed E-state index contributed by atoms with van der Waals surface area (Å²) in [5.41, 5.74) is 3.31. The molecule has 1 aliphatic rings. The predicted molar refractivity (Wildman–Crippen MR) is 89.7 cm³/mol. The number of hydrogen-bond acceptors (Lipinski definition) is 2. The van der Waals surface area contributed by atoms with Crippen LogP contribution in [0.5, 0.6) is 0 Å². The molecule has 1 heterocycles. The molecule has 3 nitrogen and oxygen atoms in total. The SMILES string of the molecule is C[C@@H]1Cc2ccccc2N1CC(=O)Nc1cccc(Br)c1. The number of halogens is 1. The quantitative estimate of drug-likeness (QED) is 0.917. The summed E-state index contributed by atoms with van der Waals surface area (Å²) in [6.45, 7) is 2.54. The maximum absolute atomic E-state index is 12.3. The first kappa shape index (κ1) is 14.1. The Kier molecular flexibility index (Phi) is 3.97. The number of carbonyl (C=O) groups excluding carboxylic acids is 1. The molecule has 4 heteroatoms. The number of anilines is 2. The summed E-state index contributed by atoms with van der Waals surface area (Å²) in [4.78, 5) is 14.4. The molecule has 0 unspecified atom stereocenters. The van der Waals surface area contributed by atoms with Gasteiger partial charge < -0.3 is 10.2 Å². The van der Waals surface area contributed by atoms with Gasteiger partial charge in [0.2, 0.25) is 5.91 Å². The molecule has 2 aromatic rings. The normalized spacial score (nSPS) is 16.7. The van der Waals surface area contributed by atoms with Gasteiger partial charge in [0.25, 0.3) is 0 Å². The molecule has 0 fully saturated rings. The number of benzene rings is 2. The van der Waals surface area contributed by atoms with Crippen LogP contribution in [-0.2, 0) is 11.2 Å². The van der Waals surface area contributed by atoms with Crippen LogP contribution in [0.4, 0.5) is 11.4 Å². The predicted octanol–water partition coefficient (Wildman–Crippen LogP) is 3.84. The van der Waals surface area contributed by atoms with Gasteiger partial charge in [0, 0.05) is 21.9 Å². The van der Waals surface area contributed by atoms with Crippen LogP contribution in [0.2, 0.25) is 0 Å².